The zero-order chi connectivity index (χ0) is 16.4. The number of para-hydroxylation sites is 1. The minimum atomic E-state index is -0.529. The molecule has 23 heavy (non-hydrogen) atoms. The van der Waals surface area contributed by atoms with Gasteiger partial charge in [-0.15, -0.1) is 0 Å². The van der Waals surface area contributed by atoms with Gasteiger partial charge in [0.1, 0.15) is 12.0 Å². The Morgan fingerprint density at radius 2 is 1.96 bits per heavy atom. The first-order valence-corrected chi connectivity index (χ1v) is 7.92. The number of amides is 1. The fourth-order valence-electron chi connectivity index (χ4n) is 3.79. The average molecular weight is 318 g/mol. The molecule has 6 heteroatoms. The molecule has 0 spiro atoms. The van der Waals surface area contributed by atoms with E-state index in [1.165, 1.54) is 7.11 Å². The first kappa shape index (κ1) is 15.8. The smallest absolute Gasteiger partial charge is 0.411 e. The molecule has 2 fully saturated rings. The van der Waals surface area contributed by atoms with Crippen molar-refractivity contribution >= 4 is 17.7 Å². The van der Waals surface area contributed by atoms with Gasteiger partial charge in [0.05, 0.1) is 7.11 Å². The number of rotatable bonds is 3. The summed E-state index contributed by atoms with van der Waals surface area (Å²) in [5, 5.41) is 2.70. The Kier molecular flexibility index (Phi) is 4.52. The largest absolute Gasteiger partial charge is 0.469 e. The van der Waals surface area contributed by atoms with Crippen LogP contribution in [0, 0.1) is 5.92 Å². The highest BCUT2D eigenvalue weighted by atomic mass is 16.6. The molecule has 1 aromatic carbocycles. The van der Waals surface area contributed by atoms with Crippen molar-refractivity contribution in [3.63, 3.8) is 0 Å². The summed E-state index contributed by atoms with van der Waals surface area (Å²) in [5.74, 6) is -0.731. The molecule has 2 saturated heterocycles. The molecular formula is C17H22N2O4. The molecule has 0 aliphatic carbocycles. The molecule has 124 valence electrons. The summed E-state index contributed by atoms with van der Waals surface area (Å²) in [6.07, 6.45) is 1.64. The van der Waals surface area contributed by atoms with Gasteiger partial charge >= 0.3 is 12.1 Å². The van der Waals surface area contributed by atoms with Crippen LogP contribution in [0.2, 0.25) is 0 Å². The minimum absolute atomic E-state index is 0.0794. The molecule has 2 heterocycles. The zero-order valence-electron chi connectivity index (χ0n) is 13.4. The normalized spacial score (nSPS) is 29.8. The Morgan fingerprint density at radius 3 is 2.65 bits per heavy atom. The van der Waals surface area contributed by atoms with Gasteiger partial charge in [0.2, 0.25) is 0 Å². The Bertz CT molecular complexity index is 577. The summed E-state index contributed by atoms with van der Waals surface area (Å²) in [6.45, 7) is 0. The van der Waals surface area contributed by atoms with Gasteiger partial charge in [-0.1, -0.05) is 18.2 Å². The summed E-state index contributed by atoms with van der Waals surface area (Å²) in [6, 6.07) is 9.56. The lowest BCUT2D eigenvalue weighted by Gasteiger charge is -2.40. The van der Waals surface area contributed by atoms with Crippen molar-refractivity contribution < 1.29 is 19.1 Å². The lowest BCUT2D eigenvalue weighted by atomic mass is 9.87. The van der Waals surface area contributed by atoms with Crippen molar-refractivity contribution in [2.45, 2.75) is 37.5 Å². The number of piperidine rings is 1. The molecule has 1 N–H and O–H groups in total. The van der Waals surface area contributed by atoms with E-state index in [1.54, 1.807) is 12.1 Å². The van der Waals surface area contributed by atoms with E-state index >= 15 is 0 Å². The Balaban J connectivity index is 1.70. The van der Waals surface area contributed by atoms with Gasteiger partial charge in [-0.25, -0.2) is 4.79 Å². The van der Waals surface area contributed by atoms with Gasteiger partial charge in [-0.2, -0.15) is 0 Å². The Labute approximate surface area is 135 Å². The van der Waals surface area contributed by atoms with Crippen LogP contribution in [0.4, 0.5) is 10.5 Å². The highest BCUT2D eigenvalue weighted by molar-refractivity contribution is 5.85. The van der Waals surface area contributed by atoms with Crippen molar-refractivity contribution in [2.24, 2.45) is 5.92 Å². The van der Waals surface area contributed by atoms with Gasteiger partial charge < -0.3 is 9.47 Å². The number of hydrogen-bond donors (Lipinski definition) is 1. The first-order chi connectivity index (χ1) is 11.1. The highest BCUT2D eigenvalue weighted by Crippen LogP contribution is 2.40. The fraction of sp³-hybridized carbons (Fsp3) is 0.529. The van der Waals surface area contributed by atoms with Crippen molar-refractivity contribution in [3.8, 4) is 0 Å². The third-order valence-electron chi connectivity index (χ3n) is 4.97. The van der Waals surface area contributed by atoms with Crippen molar-refractivity contribution in [2.75, 3.05) is 19.5 Å². The number of benzene rings is 1. The van der Waals surface area contributed by atoms with E-state index in [2.05, 4.69) is 10.2 Å². The van der Waals surface area contributed by atoms with Crippen LogP contribution in [0.5, 0.6) is 0 Å². The van der Waals surface area contributed by atoms with Gasteiger partial charge in [-0.3, -0.25) is 15.0 Å². The van der Waals surface area contributed by atoms with E-state index < -0.39 is 18.1 Å². The Morgan fingerprint density at radius 1 is 1.22 bits per heavy atom. The van der Waals surface area contributed by atoms with Crippen LogP contribution in [0.3, 0.4) is 0 Å². The molecule has 6 nitrogen and oxygen atoms in total. The van der Waals surface area contributed by atoms with Crippen LogP contribution < -0.4 is 5.32 Å². The van der Waals surface area contributed by atoms with Crippen molar-refractivity contribution in [1.82, 2.24) is 4.90 Å². The standard InChI is InChI=1S/C17H22N2O4/c1-19-12-8-9-13(19)15(16(20)22-2)14(10-12)23-17(21)18-11-6-4-3-5-7-11/h3-7,12-15H,8-10H2,1-2H3,(H,18,21)/t12-,13+,14+,15+/m1/s1. The maximum atomic E-state index is 12.2. The minimum Gasteiger partial charge on any atom is -0.469 e. The second-order valence-corrected chi connectivity index (χ2v) is 6.18. The first-order valence-electron chi connectivity index (χ1n) is 7.92. The second kappa shape index (κ2) is 6.58. The number of nitrogens with zero attached hydrogens (tertiary/aromatic N) is 1. The summed E-state index contributed by atoms with van der Waals surface area (Å²) in [7, 11) is 3.41. The molecular weight excluding hydrogens is 296 g/mol. The molecule has 1 amide bonds. The molecule has 2 aliphatic rings. The highest BCUT2D eigenvalue weighted by Gasteiger charge is 2.50. The van der Waals surface area contributed by atoms with E-state index in [-0.39, 0.29) is 12.0 Å². The number of ether oxygens (including phenoxy) is 2. The summed E-state index contributed by atoms with van der Waals surface area (Å²) >= 11 is 0. The molecule has 4 atom stereocenters. The van der Waals surface area contributed by atoms with Gasteiger partial charge in [0.15, 0.2) is 0 Å². The van der Waals surface area contributed by atoms with Gasteiger partial charge in [-0.05, 0) is 32.0 Å². The molecule has 0 aromatic heterocycles. The number of esters is 1. The molecule has 3 rings (SSSR count). The van der Waals surface area contributed by atoms with E-state index in [9.17, 15) is 9.59 Å². The van der Waals surface area contributed by atoms with Crippen LogP contribution in [-0.4, -0.2) is 49.3 Å². The summed E-state index contributed by atoms with van der Waals surface area (Å²) in [4.78, 5) is 26.6. The lowest BCUT2D eigenvalue weighted by Crippen LogP contribution is -2.53. The molecule has 0 saturated carbocycles. The van der Waals surface area contributed by atoms with Crippen LogP contribution in [0.25, 0.3) is 0 Å². The SMILES string of the molecule is COC(=O)[C@@H]1[C@@H](OC(=O)Nc2ccccc2)C[C@H]2CC[C@@H]1N2C. The van der Waals surface area contributed by atoms with Crippen LogP contribution in [0.15, 0.2) is 30.3 Å². The van der Waals surface area contributed by atoms with Gasteiger partial charge in [0.25, 0.3) is 0 Å². The maximum absolute atomic E-state index is 12.2. The summed E-state index contributed by atoms with van der Waals surface area (Å²) < 4.78 is 10.5. The number of fused-ring (bicyclic) bond motifs is 2. The zero-order valence-corrected chi connectivity index (χ0v) is 13.4. The quantitative estimate of drug-likeness (QED) is 0.866. The maximum Gasteiger partial charge on any atom is 0.411 e. The van der Waals surface area contributed by atoms with Crippen molar-refractivity contribution in [3.05, 3.63) is 30.3 Å². The predicted molar refractivity (Wildman–Crippen MR) is 85.0 cm³/mol. The third-order valence-corrected chi connectivity index (χ3v) is 4.97. The molecule has 1 aromatic rings. The van der Waals surface area contributed by atoms with E-state index in [0.29, 0.717) is 18.2 Å². The number of carbonyl (C=O) groups excluding carboxylic acids is 2. The van der Waals surface area contributed by atoms with E-state index in [1.807, 2.05) is 25.2 Å². The van der Waals surface area contributed by atoms with Crippen LogP contribution in [-0.2, 0) is 14.3 Å². The summed E-state index contributed by atoms with van der Waals surface area (Å²) in [5.41, 5.74) is 0.669. The van der Waals surface area contributed by atoms with Gasteiger partial charge in [0, 0.05) is 24.2 Å². The third kappa shape index (κ3) is 3.17. The number of hydrogen-bond acceptors (Lipinski definition) is 5. The Hall–Kier alpha value is -2.08. The number of carbonyl (C=O) groups is 2. The van der Waals surface area contributed by atoms with E-state index in [4.69, 9.17) is 9.47 Å². The fourth-order valence-corrected chi connectivity index (χ4v) is 3.79. The number of anilines is 1. The second-order valence-electron chi connectivity index (χ2n) is 6.18. The number of methoxy groups -OCH3 is 1. The molecule has 0 unspecified atom stereocenters. The van der Waals surface area contributed by atoms with E-state index in [0.717, 1.165) is 12.8 Å². The van der Waals surface area contributed by atoms with Crippen molar-refractivity contribution in [1.29, 1.82) is 0 Å². The van der Waals surface area contributed by atoms with Crippen LogP contribution in [0.1, 0.15) is 19.3 Å². The van der Waals surface area contributed by atoms with Crippen LogP contribution >= 0.6 is 0 Å². The monoisotopic (exact) mass is 318 g/mol. The number of nitrogens with one attached hydrogen (secondary N) is 1. The topological polar surface area (TPSA) is 67.9 Å². The molecule has 2 bridgehead atoms. The lowest BCUT2D eigenvalue weighted by molar-refractivity contribution is -0.155. The predicted octanol–water partition coefficient (Wildman–Crippen LogP) is 2.26. The molecule has 0 radical (unpaired) electrons. The average Bonchev–Trinajstić information content (AvgIpc) is 2.79. The molecule has 2 aliphatic heterocycles.